The van der Waals surface area contributed by atoms with E-state index in [1.54, 1.807) is 0 Å². The van der Waals surface area contributed by atoms with E-state index in [-0.39, 0.29) is 19.1 Å². The predicted molar refractivity (Wildman–Crippen MR) is 282 cm³/mol. The molecule has 65 heavy (non-hydrogen) atoms. The van der Waals surface area contributed by atoms with E-state index in [9.17, 15) is 19.4 Å². The normalized spacial score (nSPS) is 14.0. The molecule has 0 fully saturated rings. The Bertz CT molecular complexity index is 1070. The summed E-state index contributed by atoms with van der Waals surface area (Å²) in [6.07, 6.45) is 58.3. The number of allylic oxidation sites excluding steroid dienone is 2. The summed E-state index contributed by atoms with van der Waals surface area (Å²) in [5, 5.41) is 14.1. The lowest BCUT2D eigenvalue weighted by Gasteiger charge is -2.26. The number of phosphoric ester groups is 1. The molecule has 0 saturated heterocycles. The number of nitrogens with one attached hydrogen (secondary N) is 1. The number of amides is 1. The van der Waals surface area contributed by atoms with Crippen LogP contribution in [0.15, 0.2) is 12.2 Å². The number of hydrogen-bond acceptors (Lipinski definition) is 5. The van der Waals surface area contributed by atoms with E-state index < -0.39 is 20.0 Å². The molecule has 0 aliphatic heterocycles. The topological polar surface area (TPSA) is 105 Å². The predicted octanol–water partition coefficient (Wildman–Crippen LogP) is 17.0. The Labute approximate surface area is 405 Å². The number of phosphoric acid groups is 1. The Kier molecular flexibility index (Phi) is 47.7. The number of carbonyl (C=O) groups excluding carboxylic acids is 1. The standard InChI is InChI=1S/C56H113N2O6P/c1-6-8-10-12-14-16-18-20-22-24-26-28-30-32-34-36-38-40-42-44-46-48-50-56(60)57-54(53-64-65(61,62)63-52-51-58(3,4)5)55(59)49-47-45-43-41-39-37-35-33-31-29-27-25-23-21-19-17-15-13-11-9-7-2/h30,32,54-55,59H,6-29,31,33-53H2,1-5H3,(H-,57,60,61,62)/p+1/b32-30-. The van der Waals surface area contributed by atoms with Gasteiger partial charge in [-0.25, -0.2) is 4.57 Å². The Balaban J connectivity index is 4.17. The van der Waals surface area contributed by atoms with Crippen LogP contribution in [0.4, 0.5) is 0 Å². The summed E-state index contributed by atoms with van der Waals surface area (Å²) < 4.78 is 23.8. The summed E-state index contributed by atoms with van der Waals surface area (Å²) in [6.45, 7) is 4.93. The molecule has 0 radical (unpaired) electrons. The van der Waals surface area contributed by atoms with Gasteiger partial charge < -0.3 is 19.8 Å². The number of quaternary nitrogens is 1. The minimum Gasteiger partial charge on any atom is -0.391 e. The van der Waals surface area contributed by atoms with Gasteiger partial charge in [-0.1, -0.05) is 257 Å². The van der Waals surface area contributed by atoms with E-state index in [0.29, 0.717) is 23.9 Å². The average Bonchev–Trinajstić information content (AvgIpc) is 3.26. The van der Waals surface area contributed by atoms with Crippen LogP contribution in [-0.2, 0) is 18.4 Å². The van der Waals surface area contributed by atoms with Gasteiger partial charge in [-0.05, 0) is 38.5 Å². The summed E-state index contributed by atoms with van der Waals surface area (Å²) in [5.41, 5.74) is 0. The van der Waals surface area contributed by atoms with Gasteiger partial charge >= 0.3 is 7.82 Å². The number of aliphatic hydroxyl groups is 1. The third-order valence-corrected chi connectivity index (χ3v) is 14.2. The maximum Gasteiger partial charge on any atom is 0.472 e. The zero-order chi connectivity index (χ0) is 47.8. The molecule has 0 aromatic carbocycles. The third kappa shape index (κ3) is 50.9. The SMILES string of the molecule is CCCCCCCCCCCCC/C=C\CCCCCCCCCC(=O)NC(COP(=O)(O)OCC[N+](C)(C)C)C(O)CCCCCCCCCCCCCCCCCCCCCCC. The van der Waals surface area contributed by atoms with Crippen LogP contribution in [-0.4, -0.2) is 73.4 Å². The number of carbonyl (C=O) groups is 1. The van der Waals surface area contributed by atoms with Gasteiger partial charge in [0.15, 0.2) is 0 Å². The lowest BCUT2D eigenvalue weighted by atomic mass is 10.0. The minimum atomic E-state index is -4.32. The number of hydrogen-bond donors (Lipinski definition) is 3. The van der Waals surface area contributed by atoms with Gasteiger partial charge in [0, 0.05) is 6.42 Å². The Morgan fingerprint density at radius 2 is 0.831 bits per heavy atom. The second kappa shape index (κ2) is 48.3. The van der Waals surface area contributed by atoms with Crippen LogP contribution in [0, 0.1) is 0 Å². The van der Waals surface area contributed by atoms with Crippen molar-refractivity contribution in [2.45, 2.75) is 302 Å². The molecule has 0 heterocycles. The van der Waals surface area contributed by atoms with E-state index in [0.717, 1.165) is 38.5 Å². The van der Waals surface area contributed by atoms with E-state index in [2.05, 4.69) is 31.3 Å². The second-order valence-corrected chi connectivity index (χ2v) is 22.5. The van der Waals surface area contributed by atoms with Crippen LogP contribution in [0.3, 0.4) is 0 Å². The van der Waals surface area contributed by atoms with Crippen LogP contribution < -0.4 is 5.32 Å². The summed E-state index contributed by atoms with van der Waals surface area (Å²) in [5.74, 6) is -0.143. The highest BCUT2D eigenvalue weighted by Gasteiger charge is 2.28. The first-order chi connectivity index (χ1) is 31.5. The van der Waals surface area contributed by atoms with Crippen molar-refractivity contribution in [3.63, 3.8) is 0 Å². The smallest absolute Gasteiger partial charge is 0.391 e. The van der Waals surface area contributed by atoms with Gasteiger partial charge in [0.25, 0.3) is 0 Å². The van der Waals surface area contributed by atoms with Gasteiger partial charge in [0.05, 0.1) is 39.9 Å². The maximum atomic E-state index is 13.0. The fourth-order valence-corrected chi connectivity index (χ4v) is 9.49. The third-order valence-electron chi connectivity index (χ3n) is 13.3. The summed E-state index contributed by atoms with van der Waals surface area (Å²) in [6, 6.07) is -0.760. The molecule has 0 saturated carbocycles. The molecule has 8 nitrogen and oxygen atoms in total. The minimum absolute atomic E-state index is 0.0762. The van der Waals surface area contributed by atoms with Crippen LogP contribution in [0.1, 0.15) is 290 Å². The first-order valence-corrected chi connectivity index (χ1v) is 30.0. The molecule has 3 unspecified atom stereocenters. The Morgan fingerprint density at radius 3 is 1.18 bits per heavy atom. The monoisotopic (exact) mass is 942 g/mol. The van der Waals surface area contributed by atoms with Crippen LogP contribution in [0.25, 0.3) is 0 Å². The molecule has 0 aliphatic rings. The van der Waals surface area contributed by atoms with Gasteiger partial charge in [-0.2, -0.15) is 0 Å². The number of nitrogens with zero attached hydrogens (tertiary/aromatic N) is 1. The molecule has 3 N–H and O–H groups in total. The van der Waals surface area contributed by atoms with E-state index in [1.165, 1.54) is 225 Å². The number of unbranched alkanes of at least 4 members (excludes halogenated alkanes) is 38. The average molecular weight is 943 g/mol. The molecule has 3 atom stereocenters. The molecule has 0 aromatic heterocycles. The molecule has 0 spiro atoms. The van der Waals surface area contributed by atoms with Crippen molar-refractivity contribution in [3.05, 3.63) is 12.2 Å². The molecule has 0 aliphatic carbocycles. The van der Waals surface area contributed by atoms with Crippen molar-refractivity contribution >= 4 is 13.7 Å². The first kappa shape index (κ1) is 64.2. The summed E-state index contributed by atoms with van der Waals surface area (Å²) >= 11 is 0. The van der Waals surface area contributed by atoms with E-state index in [1.807, 2.05) is 21.1 Å². The van der Waals surface area contributed by atoms with Crippen molar-refractivity contribution in [3.8, 4) is 0 Å². The van der Waals surface area contributed by atoms with Crippen molar-refractivity contribution in [2.75, 3.05) is 40.9 Å². The highest BCUT2D eigenvalue weighted by molar-refractivity contribution is 7.47. The maximum absolute atomic E-state index is 13.0. The number of aliphatic hydroxyl groups excluding tert-OH is 1. The Hall–Kier alpha value is -0.760. The number of likely N-dealkylation sites (N-methyl/N-ethyl adjacent to an activating group) is 1. The highest BCUT2D eigenvalue weighted by Crippen LogP contribution is 2.43. The summed E-state index contributed by atoms with van der Waals surface area (Å²) in [4.78, 5) is 23.3. The lowest BCUT2D eigenvalue weighted by Crippen LogP contribution is -2.46. The first-order valence-electron chi connectivity index (χ1n) is 28.6. The van der Waals surface area contributed by atoms with E-state index in [4.69, 9.17) is 9.05 Å². The van der Waals surface area contributed by atoms with Crippen LogP contribution in [0.2, 0.25) is 0 Å². The van der Waals surface area contributed by atoms with Crippen LogP contribution >= 0.6 is 7.82 Å². The number of rotatable bonds is 53. The largest absolute Gasteiger partial charge is 0.472 e. The zero-order valence-electron chi connectivity index (χ0n) is 44.3. The fraction of sp³-hybridized carbons (Fsp3) is 0.946. The van der Waals surface area contributed by atoms with Crippen molar-refractivity contribution in [1.29, 1.82) is 0 Å². The Morgan fingerprint density at radius 1 is 0.508 bits per heavy atom. The molecule has 9 heteroatoms. The second-order valence-electron chi connectivity index (χ2n) is 21.0. The van der Waals surface area contributed by atoms with E-state index >= 15 is 0 Å². The summed E-state index contributed by atoms with van der Waals surface area (Å²) in [7, 11) is 1.63. The fourth-order valence-electron chi connectivity index (χ4n) is 8.75. The quantitative estimate of drug-likeness (QED) is 0.0243. The molecular weight excluding hydrogens is 828 g/mol. The van der Waals surface area contributed by atoms with Gasteiger partial charge in [0.2, 0.25) is 5.91 Å². The highest BCUT2D eigenvalue weighted by atomic mass is 31.2. The molecule has 0 bridgehead atoms. The molecule has 1 amide bonds. The van der Waals surface area contributed by atoms with Crippen LogP contribution in [0.5, 0.6) is 0 Å². The molecule has 388 valence electrons. The van der Waals surface area contributed by atoms with Gasteiger partial charge in [-0.15, -0.1) is 0 Å². The van der Waals surface area contributed by atoms with Crippen molar-refractivity contribution in [2.24, 2.45) is 0 Å². The zero-order valence-corrected chi connectivity index (χ0v) is 45.2. The lowest BCUT2D eigenvalue weighted by molar-refractivity contribution is -0.870. The van der Waals surface area contributed by atoms with Gasteiger partial charge in [-0.3, -0.25) is 13.8 Å². The molecule has 0 aromatic rings. The van der Waals surface area contributed by atoms with Crippen molar-refractivity contribution in [1.82, 2.24) is 5.32 Å². The molecular formula is C56H114N2O6P+. The van der Waals surface area contributed by atoms with Crippen molar-refractivity contribution < 1.29 is 32.9 Å². The molecule has 0 rings (SSSR count). The van der Waals surface area contributed by atoms with Gasteiger partial charge in [0.1, 0.15) is 13.2 Å².